The number of carbonyl (C=O) groups excluding carboxylic acids is 2. The zero-order valence-electron chi connectivity index (χ0n) is 12.4. The predicted molar refractivity (Wildman–Crippen MR) is 84.8 cm³/mol. The number of urea groups is 1. The Bertz CT molecular complexity index is 685. The number of hydrogen-bond donors (Lipinski definition) is 3. The number of nitrogens with one attached hydrogen (secondary N) is 2. The zero-order valence-corrected chi connectivity index (χ0v) is 12.4. The van der Waals surface area contributed by atoms with Crippen LogP contribution in [0.25, 0.3) is 0 Å². The minimum absolute atomic E-state index is 0.0270. The van der Waals surface area contributed by atoms with Gasteiger partial charge in [-0.05, 0) is 43.3 Å². The van der Waals surface area contributed by atoms with E-state index >= 15 is 0 Å². The van der Waals surface area contributed by atoms with E-state index in [9.17, 15) is 14.7 Å². The Labute approximate surface area is 132 Å². The van der Waals surface area contributed by atoms with Crippen LogP contribution in [0.3, 0.4) is 0 Å². The van der Waals surface area contributed by atoms with E-state index in [-0.39, 0.29) is 12.4 Å². The molecule has 0 radical (unpaired) electrons. The first-order chi connectivity index (χ1) is 11.1. The minimum atomic E-state index is -0.787. The summed E-state index contributed by atoms with van der Waals surface area (Å²) >= 11 is 0. The van der Waals surface area contributed by atoms with Gasteiger partial charge in [0.1, 0.15) is 11.5 Å². The van der Waals surface area contributed by atoms with E-state index in [1.165, 1.54) is 18.2 Å². The molecule has 0 aromatic heterocycles. The number of anilines is 2. The van der Waals surface area contributed by atoms with Crippen molar-refractivity contribution >= 4 is 23.6 Å². The van der Waals surface area contributed by atoms with Crippen molar-refractivity contribution in [2.45, 2.75) is 6.92 Å². The molecule has 0 atom stereocenters. The Kier molecular flexibility index (Phi) is 5.40. The van der Waals surface area contributed by atoms with E-state index in [1.54, 1.807) is 37.3 Å². The zero-order chi connectivity index (χ0) is 16.7. The fraction of sp³-hybridized carbons (Fsp3) is 0.125. The van der Waals surface area contributed by atoms with E-state index in [4.69, 9.17) is 4.74 Å². The molecule has 0 spiro atoms. The minimum Gasteiger partial charge on any atom is -0.506 e. The van der Waals surface area contributed by atoms with Crippen molar-refractivity contribution < 1.29 is 24.2 Å². The van der Waals surface area contributed by atoms with Crippen LogP contribution in [-0.4, -0.2) is 23.9 Å². The molecular formula is C16H16N2O5. The van der Waals surface area contributed by atoms with Crippen LogP contribution in [-0.2, 0) is 4.74 Å². The SMILES string of the molecule is CCOC(=O)Oc1ccc(NC(=O)Nc2ccccc2O)cc1. The van der Waals surface area contributed by atoms with Crippen molar-refractivity contribution in [1.29, 1.82) is 0 Å². The van der Waals surface area contributed by atoms with Gasteiger partial charge in [-0.15, -0.1) is 0 Å². The maximum atomic E-state index is 11.8. The third-order valence-corrected chi connectivity index (χ3v) is 2.73. The van der Waals surface area contributed by atoms with Crippen LogP contribution in [0.2, 0.25) is 0 Å². The number of rotatable bonds is 4. The summed E-state index contributed by atoms with van der Waals surface area (Å²) in [5, 5.41) is 14.7. The van der Waals surface area contributed by atoms with Gasteiger partial charge in [-0.25, -0.2) is 9.59 Å². The Hall–Kier alpha value is -3.22. The number of benzene rings is 2. The summed E-state index contributed by atoms with van der Waals surface area (Å²) in [5.74, 6) is 0.274. The standard InChI is InChI=1S/C16H16N2O5/c1-2-22-16(21)23-12-9-7-11(8-10-12)17-15(20)18-13-5-3-4-6-14(13)19/h3-10,19H,2H2,1H3,(H2,17,18,20). The number of para-hydroxylation sites is 2. The second kappa shape index (κ2) is 7.69. The highest BCUT2D eigenvalue weighted by Gasteiger charge is 2.07. The Morgan fingerprint density at radius 1 is 1.04 bits per heavy atom. The molecule has 3 N–H and O–H groups in total. The largest absolute Gasteiger partial charge is 0.513 e. The summed E-state index contributed by atoms with van der Waals surface area (Å²) in [7, 11) is 0. The smallest absolute Gasteiger partial charge is 0.506 e. The first-order valence-electron chi connectivity index (χ1n) is 6.89. The van der Waals surface area contributed by atoms with Gasteiger partial charge in [-0.3, -0.25) is 0 Å². The van der Waals surface area contributed by atoms with E-state index < -0.39 is 12.2 Å². The lowest BCUT2D eigenvalue weighted by Crippen LogP contribution is -2.19. The topological polar surface area (TPSA) is 96.9 Å². The molecule has 0 saturated heterocycles. The molecule has 0 unspecified atom stereocenters. The van der Waals surface area contributed by atoms with Gasteiger partial charge in [0.2, 0.25) is 0 Å². The molecular weight excluding hydrogens is 300 g/mol. The highest BCUT2D eigenvalue weighted by Crippen LogP contribution is 2.22. The van der Waals surface area contributed by atoms with Crippen molar-refractivity contribution in [2.24, 2.45) is 0 Å². The third-order valence-electron chi connectivity index (χ3n) is 2.73. The molecule has 0 bridgehead atoms. The third kappa shape index (κ3) is 4.92. The van der Waals surface area contributed by atoms with Crippen molar-refractivity contribution in [1.82, 2.24) is 0 Å². The van der Waals surface area contributed by atoms with Gasteiger partial charge < -0.3 is 25.2 Å². The van der Waals surface area contributed by atoms with Crippen LogP contribution in [0, 0.1) is 0 Å². The Morgan fingerprint density at radius 3 is 2.39 bits per heavy atom. The summed E-state index contributed by atoms with van der Waals surface area (Å²) in [6.45, 7) is 1.91. The van der Waals surface area contributed by atoms with Crippen LogP contribution < -0.4 is 15.4 Å². The number of ether oxygens (including phenoxy) is 2. The monoisotopic (exact) mass is 316 g/mol. The number of phenolic OH excluding ortho intramolecular Hbond substituents is 1. The number of amides is 2. The molecule has 7 heteroatoms. The normalized spacial score (nSPS) is 9.78. The molecule has 0 saturated carbocycles. The fourth-order valence-electron chi connectivity index (χ4n) is 1.71. The molecule has 0 aliphatic carbocycles. The molecule has 0 fully saturated rings. The molecule has 120 valence electrons. The van der Waals surface area contributed by atoms with E-state index in [1.807, 2.05) is 0 Å². The van der Waals surface area contributed by atoms with Crippen LogP contribution in [0.1, 0.15) is 6.92 Å². The highest BCUT2D eigenvalue weighted by molar-refractivity contribution is 6.00. The lowest BCUT2D eigenvalue weighted by molar-refractivity contribution is 0.104. The van der Waals surface area contributed by atoms with E-state index in [0.29, 0.717) is 17.1 Å². The molecule has 0 aliphatic heterocycles. The molecule has 2 rings (SSSR count). The first kappa shape index (κ1) is 16.2. The van der Waals surface area contributed by atoms with Crippen molar-refractivity contribution in [3.8, 4) is 11.5 Å². The van der Waals surface area contributed by atoms with Crippen LogP contribution in [0.15, 0.2) is 48.5 Å². The summed E-state index contributed by atoms with van der Waals surface area (Å²) in [4.78, 5) is 23.0. The number of carbonyl (C=O) groups is 2. The second-order valence-electron chi connectivity index (χ2n) is 4.41. The maximum Gasteiger partial charge on any atom is 0.513 e. The number of aromatic hydroxyl groups is 1. The van der Waals surface area contributed by atoms with Gasteiger partial charge in [0, 0.05) is 5.69 Å². The highest BCUT2D eigenvalue weighted by atomic mass is 16.7. The Morgan fingerprint density at radius 2 is 1.74 bits per heavy atom. The van der Waals surface area contributed by atoms with Gasteiger partial charge in [0.25, 0.3) is 0 Å². The molecule has 2 aromatic carbocycles. The Balaban J connectivity index is 1.91. The molecule has 2 aromatic rings. The van der Waals surface area contributed by atoms with Crippen LogP contribution >= 0.6 is 0 Å². The van der Waals surface area contributed by atoms with Gasteiger partial charge in [-0.2, -0.15) is 0 Å². The summed E-state index contributed by atoms with van der Waals surface area (Å²) in [6, 6.07) is 12.1. The van der Waals surface area contributed by atoms with Crippen LogP contribution in [0.4, 0.5) is 21.0 Å². The average molecular weight is 316 g/mol. The van der Waals surface area contributed by atoms with Gasteiger partial charge >= 0.3 is 12.2 Å². The van der Waals surface area contributed by atoms with Crippen LogP contribution in [0.5, 0.6) is 11.5 Å². The fourth-order valence-corrected chi connectivity index (χ4v) is 1.71. The number of hydrogen-bond acceptors (Lipinski definition) is 5. The summed E-state index contributed by atoms with van der Waals surface area (Å²) in [5.41, 5.74) is 0.793. The average Bonchev–Trinajstić information content (AvgIpc) is 2.52. The van der Waals surface area contributed by atoms with Gasteiger partial charge in [0.05, 0.1) is 12.3 Å². The molecule has 0 aliphatic rings. The van der Waals surface area contributed by atoms with Crippen molar-refractivity contribution in [2.75, 3.05) is 17.2 Å². The van der Waals surface area contributed by atoms with Gasteiger partial charge in [-0.1, -0.05) is 12.1 Å². The van der Waals surface area contributed by atoms with Crippen molar-refractivity contribution in [3.63, 3.8) is 0 Å². The predicted octanol–water partition coefficient (Wildman–Crippen LogP) is 3.57. The van der Waals surface area contributed by atoms with E-state index in [0.717, 1.165) is 0 Å². The molecule has 0 heterocycles. The second-order valence-corrected chi connectivity index (χ2v) is 4.41. The van der Waals surface area contributed by atoms with Gasteiger partial charge in [0.15, 0.2) is 0 Å². The molecule has 7 nitrogen and oxygen atoms in total. The summed E-state index contributed by atoms with van der Waals surface area (Å²) in [6.07, 6.45) is -0.787. The quantitative estimate of drug-likeness (QED) is 0.455. The van der Waals surface area contributed by atoms with E-state index in [2.05, 4.69) is 15.4 Å². The molecule has 23 heavy (non-hydrogen) atoms. The molecule has 2 amide bonds. The van der Waals surface area contributed by atoms with Crippen molar-refractivity contribution in [3.05, 3.63) is 48.5 Å². The lowest BCUT2D eigenvalue weighted by Gasteiger charge is -2.09. The number of phenols is 1. The maximum absolute atomic E-state index is 11.8. The first-order valence-corrected chi connectivity index (χ1v) is 6.89. The summed E-state index contributed by atoms with van der Waals surface area (Å²) < 4.78 is 9.56. The lowest BCUT2D eigenvalue weighted by atomic mass is 10.3.